The van der Waals surface area contributed by atoms with Crippen molar-refractivity contribution < 1.29 is 80.2 Å². The molecule has 0 aliphatic rings. The molecule has 0 fully saturated rings. The van der Waals surface area contributed by atoms with Gasteiger partial charge in [-0.15, -0.1) is 0 Å². The molecule has 0 bridgehead atoms. The molecule has 600 valence electrons. The van der Waals surface area contributed by atoms with E-state index in [0.29, 0.717) is 31.6 Å². The lowest BCUT2D eigenvalue weighted by Gasteiger charge is -2.21. The number of esters is 4. The normalized spacial score (nSPS) is 14.5. The molecule has 101 heavy (non-hydrogen) atoms. The lowest BCUT2D eigenvalue weighted by Crippen LogP contribution is -2.30. The molecular weight excluding hydrogens is 1320 g/mol. The summed E-state index contributed by atoms with van der Waals surface area (Å²) in [5.74, 6) is 1.03. The van der Waals surface area contributed by atoms with E-state index in [9.17, 15) is 43.2 Å². The Morgan fingerprint density at radius 1 is 0.277 bits per heavy atom. The van der Waals surface area contributed by atoms with Crippen LogP contribution in [0.2, 0.25) is 0 Å². The van der Waals surface area contributed by atoms with Crippen LogP contribution in [0.5, 0.6) is 0 Å². The van der Waals surface area contributed by atoms with Crippen LogP contribution in [-0.4, -0.2) is 96.7 Å². The summed E-state index contributed by atoms with van der Waals surface area (Å²) in [5, 5.41) is 10.6. The molecular formula is C82H160O17P2. The van der Waals surface area contributed by atoms with Crippen molar-refractivity contribution in [2.24, 2.45) is 23.7 Å². The molecule has 0 aromatic heterocycles. The summed E-state index contributed by atoms with van der Waals surface area (Å²) in [4.78, 5) is 73.0. The fourth-order valence-corrected chi connectivity index (χ4v) is 14.1. The highest BCUT2D eigenvalue weighted by Gasteiger charge is 2.30. The van der Waals surface area contributed by atoms with Crippen LogP contribution in [0.15, 0.2) is 0 Å². The van der Waals surface area contributed by atoms with Crippen molar-refractivity contribution in [3.8, 4) is 0 Å². The second kappa shape index (κ2) is 71.0. The fourth-order valence-electron chi connectivity index (χ4n) is 12.5. The molecule has 5 unspecified atom stereocenters. The highest BCUT2D eigenvalue weighted by atomic mass is 31.2. The Balaban J connectivity index is 5.20. The van der Waals surface area contributed by atoms with Crippen molar-refractivity contribution >= 4 is 39.5 Å². The highest BCUT2D eigenvalue weighted by molar-refractivity contribution is 7.47. The number of hydrogen-bond acceptors (Lipinski definition) is 15. The van der Waals surface area contributed by atoms with Gasteiger partial charge in [0.1, 0.15) is 19.3 Å². The summed E-state index contributed by atoms with van der Waals surface area (Å²) in [6.07, 6.45) is 58.5. The molecule has 3 N–H and O–H groups in total. The van der Waals surface area contributed by atoms with Crippen LogP contribution < -0.4 is 0 Å². The summed E-state index contributed by atoms with van der Waals surface area (Å²) in [6.45, 7) is 14.3. The fraction of sp³-hybridized carbons (Fsp3) is 0.951. The van der Waals surface area contributed by atoms with E-state index in [1.165, 1.54) is 225 Å². The third-order valence-electron chi connectivity index (χ3n) is 19.8. The Hall–Kier alpha value is -1.94. The van der Waals surface area contributed by atoms with Crippen molar-refractivity contribution in [2.75, 3.05) is 39.6 Å². The quantitative estimate of drug-likeness (QED) is 0.0222. The van der Waals surface area contributed by atoms with Crippen LogP contribution in [-0.2, 0) is 65.4 Å². The van der Waals surface area contributed by atoms with Gasteiger partial charge in [0, 0.05) is 25.7 Å². The number of rotatable bonds is 79. The highest BCUT2D eigenvalue weighted by Crippen LogP contribution is 2.45. The first kappa shape index (κ1) is 99.1. The molecule has 0 aliphatic heterocycles. The number of phosphoric acid groups is 2. The maximum absolute atomic E-state index is 13.1. The minimum atomic E-state index is -4.96. The topological polar surface area (TPSA) is 237 Å². The molecule has 19 heteroatoms. The average molecular weight is 1480 g/mol. The Morgan fingerprint density at radius 3 is 0.703 bits per heavy atom. The zero-order chi connectivity index (χ0) is 74.6. The Bertz CT molecular complexity index is 1980. The van der Waals surface area contributed by atoms with Gasteiger partial charge in [-0.05, 0) is 49.4 Å². The summed E-state index contributed by atoms with van der Waals surface area (Å²) < 4.78 is 68.7. The molecule has 0 amide bonds. The summed E-state index contributed by atoms with van der Waals surface area (Å²) in [5.41, 5.74) is 0. The van der Waals surface area contributed by atoms with Gasteiger partial charge in [0.2, 0.25) is 0 Å². The zero-order valence-electron chi connectivity index (χ0n) is 66.5. The lowest BCUT2D eigenvalue weighted by molar-refractivity contribution is -0.161. The van der Waals surface area contributed by atoms with E-state index in [0.717, 1.165) is 108 Å². The third-order valence-corrected chi connectivity index (χ3v) is 21.7. The standard InChI is InChI=1S/C82H160O17P2/c1-9-74(7)60-52-44-36-27-23-19-15-13-11-12-14-16-22-26-30-40-48-56-64-81(86)98-77(68-92-79(84)62-54-46-38-29-25-21-18-17-20-24-28-37-45-53-61-75(8)10-2)70-96-100(88,89)94-66-76(83)67-95-101(90,91)97-71-78(99-82(87)65-57-49-41-33-35-43-51-59-73(5)6)69-93-80(85)63-55-47-39-32-31-34-42-50-58-72(3)4/h72-78,83H,9-71H2,1-8H3,(H,88,89)(H,90,91)/t74?,75?,76?,77-,78-/m1/s1. The molecule has 0 radical (unpaired) electrons. The maximum atomic E-state index is 13.1. The number of aliphatic hydroxyl groups excluding tert-OH is 1. The van der Waals surface area contributed by atoms with Gasteiger partial charge in [-0.2, -0.15) is 0 Å². The molecule has 0 rings (SSSR count). The number of carbonyl (C=O) groups excluding carboxylic acids is 4. The smallest absolute Gasteiger partial charge is 0.462 e. The molecule has 17 nitrogen and oxygen atoms in total. The minimum absolute atomic E-state index is 0.103. The molecule has 0 aromatic rings. The molecule has 0 saturated carbocycles. The number of hydrogen-bond donors (Lipinski definition) is 3. The monoisotopic (exact) mass is 1480 g/mol. The van der Waals surface area contributed by atoms with E-state index < -0.39 is 97.5 Å². The predicted octanol–water partition coefficient (Wildman–Crippen LogP) is 24.4. The number of aliphatic hydroxyl groups is 1. The van der Waals surface area contributed by atoms with Gasteiger partial charge in [-0.3, -0.25) is 37.3 Å². The maximum Gasteiger partial charge on any atom is 0.472 e. The van der Waals surface area contributed by atoms with Crippen molar-refractivity contribution in [3.63, 3.8) is 0 Å². The Kier molecular flexibility index (Phi) is 69.6. The van der Waals surface area contributed by atoms with E-state index in [-0.39, 0.29) is 25.7 Å². The average Bonchev–Trinajstić information content (AvgIpc) is 0.917. The van der Waals surface area contributed by atoms with Crippen molar-refractivity contribution in [1.29, 1.82) is 0 Å². The summed E-state index contributed by atoms with van der Waals surface area (Å²) >= 11 is 0. The molecule has 0 spiro atoms. The first-order valence-corrected chi connectivity index (χ1v) is 45.3. The van der Waals surface area contributed by atoms with Gasteiger partial charge in [-0.1, -0.05) is 370 Å². The first-order valence-electron chi connectivity index (χ1n) is 42.3. The van der Waals surface area contributed by atoms with Crippen LogP contribution in [0, 0.1) is 23.7 Å². The van der Waals surface area contributed by atoms with E-state index in [4.69, 9.17) is 37.0 Å². The zero-order valence-corrected chi connectivity index (χ0v) is 68.3. The number of ether oxygens (including phenoxy) is 4. The largest absolute Gasteiger partial charge is 0.472 e. The van der Waals surface area contributed by atoms with Crippen molar-refractivity contribution in [3.05, 3.63) is 0 Å². The van der Waals surface area contributed by atoms with Crippen LogP contribution in [0.1, 0.15) is 421 Å². The first-order chi connectivity index (χ1) is 48.7. The van der Waals surface area contributed by atoms with Crippen molar-refractivity contribution in [2.45, 2.75) is 440 Å². The Morgan fingerprint density at radius 2 is 0.475 bits per heavy atom. The van der Waals surface area contributed by atoms with Crippen LogP contribution in [0.25, 0.3) is 0 Å². The Labute approximate surface area is 619 Å². The summed E-state index contributed by atoms with van der Waals surface area (Å²) in [6, 6.07) is 0. The van der Waals surface area contributed by atoms with E-state index in [1.54, 1.807) is 0 Å². The molecule has 0 heterocycles. The van der Waals surface area contributed by atoms with Gasteiger partial charge < -0.3 is 33.8 Å². The van der Waals surface area contributed by atoms with E-state index in [2.05, 4.69) is 55.4 Å². The van der Waals surface area contributed by atoms with Gasteiger partial charge in [0.15, 0.2) is 12.2 Å². The van der Waals surface area contributed by atoms with Crippen LogP contribution >= 0.6 is 15.6 Å². The van der Waals surface area contributed by atoms with Gasteiger partial charge in [0.25, 0.3) is 0 Å². The number of phosphoric ester groups is 2. The molecule has 0 aromatic carbocycles. The van der Waals surface area contributed by atoms with E-state index >= 15 is 0 Å². The van der Waals surface area contributed by atoms with Crippen molar-refractivity contribution in [1.82, 2.24) is 0 Å². The lowest BCUT2D eigenvalue weighted by atomic mass is 9.99. The second-order valence-electron chi connectivity index (χ2n) is 31.0. The number of unbranched alkanes of at least 4 members (excludes halogenated alkanes) is 43. The SMILES string of the molecule is CCC(C)CCCCCCCCCCCCCCCCCCCCC(=O)O[C@H](COC(=O)CCCCCCCCCCCCCCCCC(C)CC)COP(=O)(O)OCC(O)COP(=O)(O)OC[C@@H](COC(=O)CCCCCCCCCCC(C)C)OC(=O)CCCCCCCCCC(C)C. The van der Waals surface area contributed by atoms with Gasteiger partial charge >= 0.3 is 39.5 Å². The third kappa shape index (κ3) is 73.4. The van der Waals surface area contributed by atoms with Crippen LogP contribution in [0.4, 0.5) is 0 Å². The van der Waals surface area contributed by atoms with E-state index in [1.807, 2.05) is 0 Å². The second-order valence-corrected chi connectivity index (χ2v) is 33.9. The summed E-state index contributed by atoms with van der Waals surface area (Å²) in [7, 11) is -9.92. The molecule has 7 atom stereocenters. The number of carbonyl (C=O) groups is 4. The van der Waals surface area contributed by atoms with Gasteiger partial charge in [0.05, 0.1) is 26.4 Å². The van der Waals surface area contributed by atoms with Crippen LogP contribution in [0.3, 0.4) is 0 Å². The minimum Gasteiger partial charge on any atom is -0.462 e. The van der Waals surface area contributed by atoms with Gasteiger partial charge in [-0.25, -0.2) is 9.13 Å². The predicted molar refractivity (Wildman–Crippen MR) is 414 cm³/mol. The molecule has 0 saturated heterocycles. The molecule has 0 aliphatic carbocycles.